The molecule has 2 N–H and O–H groups in total. The van der Waals surface area contributed by atoms with Crippen LogP contribution in [0.1, 0.15) is 12.5 Å². The highest BCUT2D eigenvalue weighted by Gasteiger charge is 2.06. The fraction of sp³-hybridized carbons (Fsp3) is 0.200. The van der Waals surface area contributed by atoms with Crippen LogP contribution in [0.4, 0.5) is 10.1 Å². The number of nitrogens with two attached hydrogens (primary N) is 1. The van der Waals surface area contributed by atoms with Crippen LogP contribution in [-0.2, 0) is 0 Å². The van der Waals surface area contributed by atoms with Gasteiger partial charge in [-0.05, 0) is 49.7 Å². The van der Waals surface area contributed by atoms with Gasteiger partial charge in [-0.1, -0.05) is 0 Å². The summed E-state index contributed by atoms with van der Waals surface area (Å²) in [6.45, 7) is 4.21. The fourth-order valence-corrected chi connectivity index (χ4v) is 1.71. The van der Waals surface area contributed by atoms with Crippen LogP contribution in [-0.4, -0.2) is 6.61 Å². The smallest absolute Gasteiger partial charge is 0.145 e. The Kier molecular flexibility index (Phi) is 3.90. The van der Waals surface area contributed by atoms with Gasteiger partial charge in [-0.3, -0.25) is 0 Å². The number of anilines is 1. The number of aryl methyl sites for hydroxylation is 1. The van der Waals surface area contributed by atoms with Crippen molar-refractivity contribution >= 4 is 5.69 Å². The highest BCUT2D eigenvalue weighted by atomic mass is 19.1. The van der Waals surface area contributed by atoms with Crippen molar-refractivity contribution in [3.63, 3.8) is 0 Å². The summed E-state index contributed by atoms with van der Waals surface area (Å²) in [4.78, 5) is 0. The summed E-state index contributed by atoms with van der Waals surface area (Å²) in [5, 5.41) is 0. The molecular formula is C15H16FNO2. The molecule has 0 amide bonds. The summed E-state index contributed by atoms with van der Waals surface area (Å²) in [6.07, 6.45) is 0. The topological polar surface area (TPSA) is 44.5 Å². The van der Waals surface area contributed by atoms with Gasteiger partial charge in [0.2, 0.25) is 0 Å². The average molecular weight is 261 g/mol. The molecule has 0 heterocycles. The Morgan fingerprint density at radius 3 is 2.58 bits per heavy atom. The van der Waals surface area contributed by atoms with E-state index in [9.17, 15) is 4.39 Å². The van der Waals surface area contributed by atoms with Crippen LogP contribution >= 0.6 is 0 Å². The molecule has 4 heteroatoms. The number of ether oxygens (including phenoxy) is 2. The molecule has 2 aromatic rings. The van der Waals surface area contributed by atoms with E-state index >= 15 is 0 Å². The molecular weight excluding hydrogens is 245 g/mol. The van der Waals surface area contributed by atoms with Crippen molar-refractivity contribution in [3.05, 3.63) is 47.8 Å². The Balaban J connectivity index is 2.25. The van der Waals surface area contributed by atoms with Gasteiger partial charge in [-0.25, -0.2) is 4.39 Å². The Morgan fingerprint density at radius 2 is 1.89 bits per heavy atom. The van der Waals surface area contributed by atoms with Crippen molar-refractivity contribution in [3.8, 4) is 17.2 Å². The number of hydrogen-bond donors (Lipinski definition) is 1. The van der Waals surface area contributed by atoms with E-state index in [0.29, 0.717) is 29.5 Å². The Bertz CT molecular complexity index is 584. The third kappa shape index (κ3) is 3.16. The fourth-order valence-electron chi connectivity index (χ4n) is 1.71. The monoisotopic (exact) mass is 261 g/mol. The quantitative estimate of drug-likeness (QED) is 0.849. The molecule has 100 valence electrons. The van der Waals surface area contributed by atoms with Gasteiger partial charge in [-0.15, -0.1) is 0 Å². The Morgan fingerprint density at radius 1 is 1.11 bits per heavy atom. The van der Waals surface area contributed by atoms with E-state index in [-0.39, 0.29) is 5.82 Å². The number of halogens is 1. The second-order valence-corrected chi connectivity index (χ2v) is 4.14. The molecule has 0 radical (unpaired) electrons. The third-order valence-corrected chi connectivity index (χ3v) is 2.65. The maximum absolute atomic E-state index is 13.0. The molecule has 0 unspecified atom stereocenters. The van der Waals surface area contributed by atoms with Gasteiger partial charge in [0.05, 0.1) is 12.3 Å². The molecule has 0 saturated heterocycles. The zero-order chi connectivity index (χ0) is 13.8. The predicted octanol–water partition coefficient (Wildman–Crippen LogP) is 3.91. The molecule has 0 atom stereocenters. The van der Waals surface area contributed by atoms with Crippen LogP contribution < -0.4 is 15.2 Å². The van der Waals surface area contributed by atoms with Crippen LogP contribution in [0.15, 0.2) is 36.4 Å². The van der Waals surface area contributed by atoms with Crippen molar-refractivity contribution < 1.29 is 13.9 Å². The lowest BCUT2D eigenvalue weighted by Gasteiger charge is -2.11. The van der Waals surface area contributed by atoms with Crippen LogP contribution in [0.2, 0.25) is 0 Å². The Labute approximate surface area is 111 Å². The molecule has 2 aromatic carbocycles. The first-order valence-corrected chi connectivity index (χ1v) is 6.06. The minimum absolute atomic E-state index is 0.280. The Hall–Kier alpha value is -2.23. The number of rotatable bonds is 4. The first-order chi connectivity index (χ1) is 9.10. The maximum atomic E-state index is 13.0. The van der Waals surface area contributed by atoms with Gasteiger partial charge >= 0.3 is 0 Å². The van der Waals surface area contributed by atoms with Gasteiger partial charge in [0.25, 0.3) is 0 Å². The average Bonchev–Trinajstić information content (AvgIpc) is 2.37. The third-order valence-electron chi connectivity index (χ3n) is 2.65. The molecule has 0 spiro atoms. The number of nitrogen functional groups attached to an aromatic ring is 1. The molecule has 19 heavy (non-hydrogen) atoms. The van der Waals surface area contributed by atoms with Crippen LogP contribution in [0.3, 0.4) is 0 Å². The normalized spacial score (nSPS) is 10.3. The number of benzene rings is 2. The molecule has 0 aliphatic carbocycles. The zero-order valence-corrected chi connectivity index (χ0v) is 10.9. The second kappa shape index (κ2) is 5.61. The van der Waals surface area contributed by atoms with E-state index in [1.807, 2.05) is 6.92 Å². The van der Waals surface area contributed by atoms with E-state index in [0.717, 1.165) is 5.56 Å². The van der Waals surface area contributed by atoms with Gasteiger partial charge in [-0.2, -0.15) is 0 Å². The zero-order valence-electron chi connectivity index (χ0n) is 10.9. The van der Waals surface area contributed by atoms with Gasteiger partial charge < -0.3 is 15.2 Å². The molecule has 0 aromatic heterocycles. The van der Waals surface area contributed by atoms with Crippen molar-refractivity contribution in [2.75, 3.05) is 12.3 Å². The summed E-state index contributed by atoms with van der Waals surface area (Å²) in [5.74, 6) is 1.51. The van der Waals surface area contributed by atoms with Crippen LogP contribution in [0, 0.1) is 12.7 Å². The summed E-state index contributed by atoms with van der Waals surface area (Å²) in [5.41, 5.74) is 7.08. The predicted molar refractivity (Wildman–Crippen MR) is 73.2 cm³/mol. The molecule has 3 nitrogen and oxygen atoms in total. The van der Waals surface area contributed by atoms with Crippen molar-refractivity contribution in [1.82, 2.24) is 0 Å². The number of hydrogen-bond acceptors (Lipinski definition) is 3. The second-order valence-electron chi connectivity index (χ2n) is 4.14. The maximum Gasteiger partial charge on any atom is 0.145 e. The standard InChI is InChI=1S/C15H16FNO2/c1-3-18-15-9-12(5-6-13(15)17)19-14-7-4-11(16)8-10(14)2/h4-9H,3,17H2,1-2H3. The van der Waals surface area contributed by atoms with E-state index < -0.39 is 0 Å². The molecule has 2 rings (SSSR count). The lowest BCUT2D eigenvalue weighted by molar-refractivity contribution is 0.340. The van der Waals surface area contributed by atoms with E-state index in [1.165, 1.54) is 12.1 Å². The summed E-state index contributed by atoms with van der Waals surface area (Å²) < 4.78 is 24.1. The first kappa shape index (κ1) is 13.2. The van der Waals surface area contributed by atoms with Crippen LogP contribution in [0.25, 0.3) is 0 Å². The molecule has 0 bridgehead atoms. The summed E-state index contributed by atoms with van der Waals surface area (Å²) in [6, 6.07) is 9.59. The van der Waals surface area contributed by atoms with Crippen LogP contribution in [0.5, 0.6) is 17.2 Å². The lowest BCUT2D eigenvalue weighted by Crippen LogP contribution is -1.97. The van der Waals surface area contributed by atoms with E-state index in [2.05, 4.69) is 0 Å². The SMILES string of the molecule is CCOc1cc(Oc2ccc(F)cc2C)ccc1N. The summed E-state index contributed by atoms with van der Waals surface area (Å²) >= 11 is 0. The largest absolute Gasteiger partial charge is 0.492 e. The highest BCUT2D eigenvalue weighted by molar-refractivity contribution is 5.56. The molecule has 0 fully saturated rings. The van der Waals surface area contributed by atoms with Crippen molar-refractivity contribution in [1.29, 1.82) is 0 Å². The molecule has 0 saturated carbocycles. The van der Waals surface area contributed by atoms with Crippen molar-refractivity contribution in [2.45, 2.75) is 13.8 Å². The van der Waals surface area contributed by atoms with Gasteiger partial charge in [0.1, 0.15) is 23.1 Å². The van der Waals surface area contributed by atoms with E-state index in [4.69, 9.17) is 15.2 Å². The molecule has 0 aliphatic rings. The van der Waals surface area contributed by atoms with E-state index in [1.54, 1.807) is 31.2 Å². The van der Waals surface area contributed by atoms with Gasteiger partial charge in [0, 0.05) is 6.07 Å². The van der Waals surface area contributed by atoms with Crippen molar-refractivity contribution in [2.24, 2.45) is 0 Å². The summed E-state index contributed by atoms with van der Waals surface area (Å²) in [7, 11) is 0. The van der Waals surface area contributed by atoms with Gasteiger partial charge in [0.15, 0.2) is 0 Å². The molecule has 0 aliphatic heterocycles. The lowest BCUT2D eigenvalue weighted by atomic mass is 10.2. The highest BCUT2D eigenvalue weighted by Crippen LogP contribution is 2.31. The minimum Gasteiger partial charge on any atom is -0.492 e. The first-order valence-electron chi connectivity index (χ1n) is 6.06. The minimum atomic E-state index is -0.280.